The molecule has 30 heavy (non-hydrogen) atoms. The van der Waals surface area contributed by atoms with Crippen molar-refractivity contribution in [3.05, 3.63) is 71.8 Å². The molecule has 0 spiro atoms. The molecular formula is C25H32N2O2S. The summed E-state index contributed by atoms with van der Waals surface area (Å²) < 4.78 is 0. The number of thioether (sulfide) groups is 1. The molecule has 5 heteroatoms. The third-order valence-electron chi connectivity index (χ3n) is 5.56. The number of nitrogens with one attached hydrogen (secondary N) is 1. The van der Waals surface area contributed by atoms with Crippen LogP contribution in [0, 0.1) is 0 Å². The van der Waals surface area contributed by atoms with Gasteiger partial charge in [-0.2, -0.15) is 0 Å². The van der Waals surface area contributed by atoms with Crippen LogP contribution in [0.25, 0.3) is 0 Å². The van der Waals surface area contributed by atoms with Gasteiger partial charge in [0.2, 0.25) is 11.8 Å². The Hall–Kier alpha value is -2.27. The van der Waals surface area contributed by atoms with Crippen molar-refractivity contribution in [2.24, 2.45) is 0 Å². The molecule has 2 amide bonds. The van der Waals surface area contributed by atoms with Gasteiger partial charge in [-0.15, -0.1) is 11.8 Å². The molecule has 1 fully saturated rings. The van der Waals surface area contributed by atoms with Gasteiger partial charge in [0.05, 0.1) is 11.8 Å². The van der Waals surface area contributed by atoms with Crippen LogP contribution in [-0.4, -0.2) is 34.7 Å². The standard InChI is InChI=1S/C25H32N2O2S/c1-20(27-23(28)18-24(27)30-19-22-15-9-5-10-16-22)25(29)26-17-11-3-2-6-12-21-13-7-4-8-14-21/h4-5,7-10,13-16,20,24H,2-3,6,11-12,17-19H2,1H3,(H,26,29). The highest BCUT2D eigenvalue weighted by Crippen LogP contribution is 2.33. The van der Waals surface area contributed by atoms with E-state index in [9.17, 15) is 9.59 Å². The van der Waals surface area contributed by atoms with Crippen molar-refractivity contribution in [3.63, 3.8) is 0 Å². The average molecular weight is 425 g/mol. The molecule has 0 aliphatic carbocycles. The van der Waals surface area contributed by atoms with Crippen molar-refractivity contribution < 1.29 is 9.59 Å². The molecule has 1 N–H and O–H groups in total. The summed E-state index contributed by atoms with van der Waals surface area (Å²) in [6.45, 7) is 2.51. The van der Waals surface area contributed by atoms with E-state index in [0.717, 1.165) is 25.0 Å². The second-order valence-corrected chi connectivity index (χ2v) is 9.04. The molecule has 2 aromatic carbocycles. The first-order chi connectivity index (χ1) is 14.6. The number of amides is 2. The monoisotopic (exact) mass is 424 g/mol. The van der Waals surface area contributed by atoms with Crippen LogP contribution in [0.4, 0.5) is 0 Å². The van der Waals surface area contributed by atoms with E-state index in [-0.39, 0.29) is 17.2 Å². The van der Waals surface area contributed by atoms with E-state index >= 15 is 0 Å². The summed E-state index contributed by atoms with van der Waals surface area (Å²) in [4.78, 5) is 26.3. The Morgan fingerprint density at radius 3 is 2.30 bits per heavy atom. The Bertz CT molecular complexity index is 797. The highest BCUT2D eigenvalue weighted by Gasteiger charge is 2.41. The van der Waals surface area contributed by atoms with Crippen molar-refractivity contribution in [1.82, 2.24) is 10.2 Å². The summed E-state index contributed by atoms with van der Waals surface area (Å²) in [6.07, 6.45) is 6.08. The van der Waals surface area contributed by atoms with Crippen LogP contribution in [0.1, 0.15) is 50.2 Å². The molecule has 160 valence electrons. The number of hydrogen-bond donors (Lipinski definition) is 1. The molecule has 1 aliphatic rings. The molecule has 2 unspecified atom stereocenters. The summed E-state index contributed by atoms with van der Waals surface area (Å²) >= 11 is 1.73. The zero-order chi connectivity index (χ0) is 21.2. The zero-order valence-electron chi connectivity index (χ0n) is 17.8. The maximum atomic E-state index is 12.5. The normalized spacial score (nSPS) is 16.8. The first kappa shape index (κ1) is 22.4. The number of nitrogens with zero attached hydrogens (tertiary/aromatic N) is 1. The van der Waals surface area contributed by atoms with Gasteiger partial charge in [0.25, 0.3) is 0 Å². The molecule has 4 nitrogen and oxygen atoms in total. The van der Waals surface area contributed by atoms with Crippen molar-refractivity contribution in [2.75, 3.05) is 6.54 Å². The zero-order valence-corrected chi connectivity index (χ0v) is 18.6. The highest BCUT2D eigenvalue weighted by atomic mass is 32.2. The number of likely N-dealkylation sites (tertiary alicyclic amines) is 1. The first-order valence-corrected chi connectivity index (χ1v) is 12.0. The van der Waals surface area contributed by atoms with E-state index in [4.69, 9.17) is 0 Å². The molecule has 2 atom stereocenters. The third-order valence-corrected chi connectivity index (χ3v) is 6.84. The number of benzene rings is 2. The Morgan fingerprint density at radius 2 is 1.63 bits per heavy atom. The van der Waals surface area contributed by atoms with Crippen LogP contribution in [0.15, 0.2) is 60.7 Å². The number of rotatable bonds is 12. The van der Waals surface area contributed by atoms with Gasteiger partial charge in [0.15, 0.2) is 0 Å². The van der Waals surface area contributed by atoms with Gasteiger partial charge in [0, 0.05) is 12.3 Å². The summed E-state index contributed by atoms with van der Waals surface area (Å²) in [5.41, 5.74) is 2.63. The number of carbonyl (C=O) groups is 2. The highest BCUT2D eigenvalue weighted by molar-refractivity contribution is 7.99. The van der Waals surface area contributed by atoms with Crippen LogP contribution < -0.4 is 5.32 Å². The number of aryl methyl sites for hydroxylation is 1. The Morgan fingerprint density at radius 1 is 1.00 bits per heavy atom. The lowest BCUT2D eigenvalue weighted by molar-refractivity contribution is -0.149. The number of carbonyl (C=O) groups excluding carboxylic acids is 2. The number of hydrogen-bond acceptors (Lipinski definition) is 3. The molecular weight excluding hydrogens is 392 g/mol. The van der Waals surface area contributed by atoms with Crippen LogP contribution in [0.2, 0.25) is 0 Å². The minimum absolute atomic E-state index is 0.0438. The molecule has 0 radical (unpaired) electrons. The van der Waals surface area contributed by atoms with Crippen molar-refractivity contribution in [2.45, 2.75) is 62.6 Å². The third kappa shape index (κ3) is 6.63. The molecule has 0 bridgehead atoms. The van der Waals surface area contributed by atoms with Gasteiger partial charge >= 0.3 is 0 Å². The topological polar surface area (TPSA) is 49.4 Å². The van der Waals surface area contributed by atoms with Gasteiger partial charge < -0.3 is 10.2 Å². The Balaban J connectivity index is 1.30. The van der Waals surface area contributed by atoms with Gasteiger partial charge in [-0.25, -0.2) is 0 Å². The van der Waals surface area contributed by atoms with Crippen LogP contribution in [-0.2, 0) is 21.8 Å². The van der Waals surface area contributed by atoms with E-state index < -0.39 is 6.04 Å². The summed E-state index contributed by atoms with van der Waals surface area (Å²) in [5, 5.41) is 3.11. The molecule has 0 aromatic heterocycles. The van der Waals surface area contributed by atoms with Gasteiger partial charge in [-0.05, 0) is 37.3 Å². The van der Waals surface area contributed by atoms with Crippen LogP contribution >= 0.6 is 11.8 Å². The van der Waals surface area contributed by atoms with Gasteiger partial charge in [-0.1, -0.05) is 73.5 Å². The fourth-order valence-electron chi connectivity index (χ4n) is 3.71. The lowest BCUT2D eigenvalue weighted by atomic mass is 10.1. The van der Waals surface area contributed by atoms with Gasteiger partial charge in [-0.3, -0.25) is 9.59 Å². The fraction of sp³-hybridized carbons (Fsp3) is 0.440. The van der Waals surface area contributed by atoms with Crippen LogP contribution in [0.5, 0.6) is 0 Å². The average Bonchev–Trinajstić information content (AvgIpc) is 2.77. The van der Waals surface area contributed by atoms with Crippen molar-refractivity contribution in [1.29, 1.82) is 0 Å². The van der Waals surface area contributed by atoms with E-state index in [2.05, 4.69) is 41.7 Å². The van der Waals surface area contributed by atoms with E-state index in [1.165, 1.54) is 24.0 Å². The predicted octanol–water partition coefficient (Wildman–Crippen LogP) is 4.79. The summed E-state index contributed by atoms with van der Waals surface area (Å²) in [7, 11) is 0. The maximum Gasteiger partial charge on any atom is 0.242 e. The smallest absolute Gasteiger partial charge is 0.242 e. The van der Waals surface area contributed by atoms with E-state index in [0.29, 0.717) is 13.0 Å². The Kier molecular flexibility index (Phi) is 8.81. The second-order valence-electron chi connectivity index (χ2n) is 7.87. The first-order valence-electron chi connectivity index (χ1n) is 10.9. The lowest BCUT2D eigenvalue weighted by Gasteiger charge is -2.43. The minimum atomic E-state index is -0.405. The number of β-lactam (4-membered cyclic amide) rings is 1. The molecule has 2 aromatic rings. The lowest BCUT2D eigenvalue weighted by Crippen LogP contribution is -2.59. The second kappa shape index (κ2) is 11.8. The predicted molar refractivity (Wildman–Crippen MR) is 124 cm³/mol. The SMILES string of the molecule is CC(C(=O)NCCCCCCc1ccccc1)N1C(=O)CC1SCc1ccccc1. The largest absolute Gasteiger partial charge is 0.354 e. The van der Waals surface area contributed by atoms with E-state index in [1.807, 2.05) is 31.2 Å². The van der Waals surface area contributed by atoms with Crippen LogP contribution in [0.3, 0.4) is 0 Å². The maximum absolute atomic E-state index is 12.5. The minimum Gasteiger partial charge on any atom is -0.354 e. The van der Waals surface area contributed by atoms with Crippen molar-refractivity contribution >= 4 is 23.6 Å². The Labute approximate surface area is 184 Å². The molecule has 0 saturated carbocycles. The summed E-state index contributed by atoms with van der Waals surface area (Å²) in [5.74, 6) is 0.883. The number of unbranched alkanes of at least 4 members (excludes halogenated alkanes) is 3. The van der Waals surface area contributed by atoms with E-state index in [1.54, 1.807) is 16.7 Å². The molecule has 3 rings (SSSR count). The fourth-order valence-corrected chi connectivity index (χ4v) is 5.01. The molecule has 1 heterocycles. The van der Waals surface area contributed by atoms with Crippen molar-refractivity contribution in [3.8, 4) is 0 Å². The van der Waals surface area contributed by atoms with Gasteiger partial charge in [0.1, 0.15) is 6.04 Å². The quantitative estimate of drug-likeness (QED) is 0.394. The summed E-state index contributed by atoms with van der Waals surface area (Å²) in [6, 6.07) is 20.4. The molecule has 1 aliphatic heterocycles. The molecule has 1 saturated heterocycles.